The fraction of sp³-hybridized carbons (Fsp3) is 0.176. The Hall–Kier alpha value is -2.49. The molecule has 104 valence electrons. The maximum atomic E-state index is 13.2. The second-order valence-corrected chi connectivity index (χ2v) is 5.22. The summed E-state index contributed by atoms with van der Waals surface area (Å²) in [7, 11) is 0. The zero-order chi connectivity index (χ0) is 14.2. The normalized spacial score (nSPS) is 13.4. The van der Waals surface area contributed by atoms with Gasteiger partial charge >= 0.3 is 0 Å². The van der Waals surface area contributed by atoms with Crippen molar-refractivity contribution in [3.63, 3.8) is 0 Å². The predicted molar refractivity (Wildman–Crippen MR) is 79.2 cm³/mol. The molecule has 2 aromatic heterocycles. The summed E-state index contributed by atoms with van der Waals surface area (Å²) in [5.74, 6) is 0.886. The highest BCUT2D eigenvalue weighted by molar-refractivity contribution is 5.79. The van der Waals surface area contributed by atoms with Crippen molar-refractivity contribution in [2.24, 2.45) is 0 Å². The fourth-order valence-electron chi connectivity index (χ4n) is 2.94. The molecule has 21 heavy (non-hydrogen) atoms. The van der Waals surface area contributed by atoms with E-state index in [1.54, 1.807) is 24.5 Å². The van der Waals surface area contributed by atoms with Crippen LogP contribution in [0.4, 0.5) is 4.39 Å². The molecule has 1 aliphatic rings. The van der Waals surface area contributed by atoms with Crippen molar-refractivity contribution in [3.05, 3.63) is 60.4 Å². The Bertz CT molecular complexity index is 776. The molecular weight excluding hydrogens is 267 g/mol. The molecule has 0 saturated carbocycles. The molecule has 0 radical (unpaired) electrons. The first-order valence-corrected chi connectivity index (χ1v) is 7.08. The van der Waals surface area contributed by atoms with Crippen LogP contribution >= 0.6 is 0 Å². The van der Waals surface area contributed by atoms with Gasteiger partial charge in [0.25, 0.3) is 0 Å². The first-order chi connectivity index (χ1) is 10.3. The monoisotopic (exact) mass is 281 g/mol. The number of benzene rings is 1. The number of aromatic nitrogens is 3. The van der Waals surface area contributed by atoms with Crippen molar-refractivity contribution < 1.29 is 4.39 Å². The summed E-state index contributed by atoms with van der Waals surface area (Å²) in [4.78, 5) is 8.87. The number of hydrogen-bond donors (Lipinski definition) is 0. The molecule has 0 saturated heterocycles. The van der Waals surface area contributed by atoms with E-state index < -0.39 is 0 Å². The Kier molecular flexibility index (Phi) is 2.81. The number of hydrogen-bond acceptors (Lipinski definition) is 2. The first kappa shape index (κ1) is 12.3. The van der Waals surface area contributed by atoms with Crippen LogP contribution in [0.2, 0.25) is 0 Å². The first-order valence-electron chi connectivity index (χ1n) is 7.08. The van der Waals surface area contributed by atoms with Gasteiger partial charge in [0.15, 0.2) is 0 Å². The number of halogens is 1. The van der Waals surface area contributed by atoms with E-state index in [4.69, 9.17) is 4.98 Å². The summed E-state index contributed by atoms with van der Waals surface area (Å²) in [6.45, 7) is 0.987. The number of pyridine rings is 1. The number of fused-ring (bicyclic) bond motifs is 1. The molecule has 3 aromatic rings. The molecule has 0 bridgehead atoms. The minimum absolute atomic E-state index is 0.226. The summed E-state index contributed by atoms with van der Waals surface area (Å²) in [5, 5.41) is 0. The smallest absolute Gasteiger partial charge is 0.123 e. The number of imidazole rings is 1. The van der Waals surface area contributed by atoms with E-state index in [0.29, 0.717) is 0 Å². The zero-order valence-electron chi connectivity index (χ0n) is 11.5. The van der Waals surface area contributed by atoms with Gasteiger partial charge in [-0.25, -0.2) is 9.37 Å². The van der Waals surface area contributed by atoms with Gasteiger partial charge in [-0.3, -0.25) is 4.98 Å². The van der Waals surface area contributed by atoms with Gasteiger partial charge < -0.3 is 4.57 Å². The van der Waals surface area contributed by atoms with Crippen LogP contribution in [0.3, 0.4) is 0 Å². The van der Waals surface area contributed by atoms with Gasteiger partial charge in [-0.15, -0.1) is 0 Å². The molecule has 0 unspecified atom stereocenters. The molecule has 0 atom stereocenters. The average Bonchev–Trinajstić information content (AvgIpc) is 3.09. The van der Waals surface area contributed by atoms with Crippen molar-refractivity contribution in [2.75, 3.05) is 0 Å². The van der Waals surface area contributed by atoms with Crippen LogP contribution in [0.15, 0.2) is 48.8 Å². The molecule has 3 nitrogen and oxygen atoms in total. The second kappa shape index (κ2) is 4.81. The van der Waals surface area contributed by atoms with E-state index in [0.717, 1.165) is 47.7 Å². The van der Waals surface area contributed by atoms with Crippen molar-refractivity contribution >= 4 is 0 Å². The minimum Gasteiger partial charge on any atom is -0.327 e. The van der Waals surface area contributed by atoms with E-state index in [2.05, 4.69) is 9.55 Å². The fourth-order valence-corrected chi connectivity index (χ4v) is 2.94. The lowest BCUT2D eigenvalue weighted by atomic mass is 10.1. The zero-order valence-corrected chi connectivity index (χ0v) is 11.5. The van der Waals surface area contributed by atoms with Crippen LogP contribution in [0.25, 0.3) is 22.5 Å². The Labute approximate surface area is 122 Å². The van der Waals surface area contributed by atoms with Gasteiger partial charge in [-0.1, -0.05) is 0 Å². The van der Waals surface area contributed by atoms with Crippen LogP contribution in [-0.2, 0) is 13.0 Å². The van der Waals surface area contributed by atoms with Crippen LogP contribution in [0.5, 0.6) is 0 Å². The second-order valence-electron chi connectivity index (χ2n) is 5.22. The molecule has 0 fully saturated rings. The lowest BCUT2D eigenvalue weighted by Gasteiger charge is -2.08. The molecule has 3 heterocycles. The molecule has 4 heteroatoms. The summed E-state index contributed by atoms with van der Waals surface area (Å²) >= 11 is 0. The molecule has 0 spiro atoms. The summed E-state index contributed by atoms with van der Waals surface area (Å²) in [5.41, 5.74) is 4.09. The third-order valence-corrected chi connectivity index (χ3v) is 3.90. The topological polar surface area (TPSA) is 30.7 Å². The van der Waals surface area contributed by atoms with Gasteiger partial charge in [-0.2, -0.15) is 0 Å². The maximum Gasteiger partial charge on any atom is 0.123 e. The summed E-state index contributed by atoms with van der Waals surface area (Å²) in [6.07, 6.45) is 5.71. The van der Waals surface area contributed by atoms with Crippen molar-refractivity contribution in [2.45, 2.75) is 19.4 Å². The molecule has 4 rings (SSSR count). The van der Waals surface area contributed by atoms with E-state index in [-0.39, 0.29) is 5.82 Å². The van der Waals surface area contributed by atoms with E-state index >= 15 is 0 Å². The van der Waals surface area contributed by atoms with E-state index in [1.165, 1.54) is 12.1 Å². The predicted octanol–water partition coefficient (Wildman–Crippen LogP) is 3.70. The summed E-state index contributed by atoms with van der Waals surface area (Å²) < 4.78 is 15.4. The highest BCUT2D eigenvalue weighted by Gasteiger charge is 2.22. The Balaban J connectivity index is 1.94. The van der Waals surface area contributed by atoms with Crippen LogP contribution in [-0.4, -0.2) is 14.5 Å². The van der Waals surface area contributed by atoms with Crippen LogP contribution in [0, 0.1) is 5.82 Å². The summed E-state index contributed by atoms with van der Waals surface area (Å²) in [6, 6.07) is 10.5. The maximum absolute atomic E-state index is 13.2. The third-order valence-electron chi connectivity index (χ3n) is 3.90. The molecule has 0 N–H and O–H groups in total. The molecule has 1 aliphatic heterocycles. The van der Waals surface area contributed by atoms with Gasteiger partial charge in [0.2, 0.25) is 0 Å². The Morgan fingerprint density at radius 1 is 1.10 bits per heavy atom. The molecule has 1 aromatic carbocycles. The van der Waals surface area contributed by atoms with E-state index in [9.17, 15) is 4.39 Å². The quantitative estimate of drug-likeness (QED) is 0.717. The van der Waals surface area contributed by atoms with Gasteiger partial charge in [0, 0.05) is 36.5 Å². The SMILES string of the molecule is Fc1ccc(-c2nc3n(c2-c2ccn[14cH]c2)CCC3)cc1. The number of nitrogens with zero attached hydrogens (tertiary/aromatic N) is 3. The average molecular weight is 281 g/mol. The van der Waals surface area contributed by atoms with Crippen LogP contribution in [0.1, 0.15) is 12.2 Å². The Morgan fingerprint density at radius 3 is 2.71 bits per heavy atom. The lowest BCUT2D eigenvalue weighted by Crippen LogP contribution is -1.96. The number of rotatable bonds is 2. The number of aryl methyl sites for hydroxylation is 1. The Morgan fingerprint density at radius 2 is 1.95 bits per heavy atom. The standard InChI is InChI=1S/C17H14FN3/c18-14-5-3-12(4-6-14)16-17(13-7-9-19-10-8-13)21-11-1-2-15(21)20-16/h3-10H,1-2,11H2/i9+2. The van der Waals surface area contributed by atoms with Crippen molar-refractivity contribution in [3.8, 4) is 22.5 Å². The van der Waals surface area contributed by atoms with Crippen molar-refractivity contribution in [1.82, 2.24) is 14.5 Å². The van der Waals surface area contributed by atoms with Gasteiger partial charge in [-0.05, 0) is 42.8 Å². The highest BCUT2D eigenvalue weighted by atomic mass is 19.1. The van der Waals surface area contributed by atoms with Gasteiger partial charge in [0.1, 0.15) is 11.6 Å². The van der Waals surface area contributed by atoms with E-state index in [1.807, 2.05) is 12.1 Å². The van der Waals surface area contributed by atoms with Gasteiger partial charge in [0.05, 0.1) is 11.4 Å². The highest BCUT2D eigenvalue weighted by Crippen LogP contribution is 2.35. The minimum atomic E-state index is -0.226. The molecule has 0 amide bonds. The van der Waals surface area contributed by atoms with Crippen molar-refractivity contribution in [1.29, 1.82) is 0 Å². The third kappa shape index (κ3) is 2.03. The largest absolute Gasteiger partial charge is 0.327 e. The molecule has 0 aliphatic carbocycles. The lowest BCUT2D eigenvalue weighted by molar-refractivity contribution is 0.628. The van der Waals surface area contributed by atoms with Crippen LogP contribution < -0.4 is 0 Å². The molecular formula is C17H14FN3.